The van der Waals surface area contributed by atoms with Crippen molar-refractivity contribution in [3.05, 3.63) is 34.9 Å². The predicted octanol–water partition coefficient (Wildman–Crippen LogP) is 3.00. The minimum atomic E-state index is -0.721. The highest BCUT2D eigenvalue weighted by Gasteiger charge is 1.99. The summed E-state index contributed by atoms with van der Waals surface area (Å²) in [5.74, 6) is 1.42. The van der Waals surface area contributed by atoms with Crippen LogP contribution in [-0.4, -0.2) is 9.96 Å². The van der Waals surface area contributed by atoms with Gasteiger partial charge in [-0.1, -0.05) is 30.7 Å². The Morgan fingerprint density at radius 1 is 1.31 bits per heavy atom. The average molecular weight is 217 g/mol. The van der Waals surface area contributed by atoms with E-state index in [1.807, 2.05) is 31.2 Å². The van der Waals surface area contributed by atoms with Crippen molar-refractivity contribution in [2.75, 3.05) is 5.75 Å². The summed E-state index contributed by atoms with van der Waals surface area (Å²) in [6.07, 6.45) is 0.972. The first-order valence-electron chi connectivity index (χ1n) is 4.32. The summed E-state index contributed by atoms with van der Waals surface area (Å²) in [4.78, 5) is 0. The Morgan fingerprint density at radius 3 is 2.46 bits per heavy atom. The van der Waals surface area contributed by atoms with Gasteiger partial charge in [0.15, 0.2) is 0 Å². The third kappa shape index (κ3) is 3.92. The average Bonchev–Trinajstić information content (AvgIpc) is 2.09. The molecule has 0 saturated carbocycles. The van der Waals surface area contributed by atoms with Gasteiger partial charge in [0, 0.05) is 27.3 Å². The number of halogens is 1. The highest BCUT2D eigenvalue weighted by molar-refractivity contribution is 7.84. The van der Waals surface area contributed by atoms with Gasteiger partial charge >= 0.3 is 0 Å². The Kier molecular flexibility index (Phi) is 4.46. The van der Waals surface area contributed by atoms with Crippen molar-refractivity contribution >= 4 is 22.4 Å². The van der Waals surface area contributed by atoms with Gasteiger partial charge in [-0.15, -0.1) is 0 Å². The SMILES string of the molecule is CCCS(=O)Cc1ccc(Cl)cc1. The Labute approximate surface area is 86.6 Å². The Bertz CT molecular complexity index is 281. The molecule has 72 valence electrons. The predicted molar refractivity (Wildman–Crippen MR) is 58.5 cm³/mol. The summed E-state index contributed by atoms with van der Waals surface area (Å²) in [7, 11) is -0.721. The molecule has 0 aromatic heterocycles. The molecule has 3 heteroatoms. The third-order valence-corrected chi connectivity index (χ3v) is 3.44. The van der Waals surface area contributed by atoms with Crippen LogP contribution in [0.2, 0.25) is 5.02 Å². The molecule has 1 unspecified atom stereocenters. The minimum Gasteiger partial charge on any atom is -0.259 e. The van der Waals surface area contributed by atoms with Crippen molar-refractivity contribution in [2.45, 2.75) is 19.1 Å². The van der Waals surface area contributed by atoms with Gasteiger partial charge in [0.2, 0.25) is 0 Å². The maximum absolute atomic E-state index is 11.4. The molecule has 0 amide bonds. The first kappa shape index (κ1) is 10.7. The van der Waals surface area contributed by atoms with Gasteiger partial charge in [-0.3, -0.25) is 4.21 Å². The van der Waals surface area contributed by atoms with Crippen molar-refractivity contribution in [2.24, 2.45) is 0 Å². The van der Waals surface area contributed by atoms with Crippen molar-refractivity contribution in [3.63, 3.8) is 0 Å². The fraction of sp³-hybridized carbons (Fsp3) is 0.400. The molecule has 1 nitrogen and oxygen atoms in total. The van der Waals surface area contributed by atoms with Crippen LogP contribution in [0.5, 0.6) is 0 Å². The van der Waals surface area contributed by atoms with Crippen molar-refractivity contribution in [1.82, 2.24) is 0 Å². The van der Waals surface area contributed by atoms with Crippen LogP contribution in [0.4, 0.5) is 0 Å². The Morgan fingerprint density at radius 2 is 1.92 bits per heavy atom. The lowest BCUT2D eigenvalue weighted by Crippen LogP contribution is -1.99. The maximum Gasteiger partial charge on any atom is 0.0485 e. The lowest BCUT2D eigenvalue weighted by Gasteiger charge is -2.00. The van der Waals surface area contributed by atoms with Gasteiger partial charge in [0.25, 0.3) is 0 Å². The fourth-order valence-corrected chi connectivity index (χ4v) is 2.36. The van der Waals surface area contributed by atoms with E-state index in [4.69, 9.17) is 11.6 Å². The largest absolute Gasteiger partial charge is 0.259 e. The molecule has 0 spiro atoms. The molecule has 0 heterocycles. The molecule has 0 N–H and O–H groups in total. The summed E-state index contributed by atoms with van der Waals surface area (Å²) < 4.78 is 11.4. The van der Waals surface area contributed by atoms with Gasteiger partial charge < -0.3 is 0 Å². The monoisotopic (exact) mass is 216 g/mol. The van der Waals surface area contributed by atoms with Crippen LogP contribution in [-0.2, 0) is 16.6 Å². The van der Waals surface area contributed by atoms with Gasteiger partial charge in [-0.05, 0) is 24.1 Å². The second-order valence-corrected chi connectivity index (χ2v) is 4.93. The van der Waals surface area contributed by atoms with Crippen LogP contribution in [0, 0.1) is 0 Å². The molecule has 0 radical (unpaired) electrons. The first-order chi connectivity index (χ1) is 6.22. The first-order valence-corrected chi connectivity index (χ1v) is 6.18. The highest BCUT2D eigenvalue weighted by atomic mass is 35.5. The third-order valence-electron chi connectivity index (χ3n) is 1.67. The molecule has 13 heavy (non-hydrogen) atoms. The second kappa shape index (κ2) is 5.40. The number of rotatable bonds is 4. The smallest absolute Gasteiger partial charge is 0.0485 e. The van der Waals surface area contributed by atoms with E-state index in [-0.39, 0.29) is 0 Å². The van der Waals surface area contributed by atoms with Crippen molar-refractivity contribution in [1.29, 1.82) is 0 Å². The highest BCUT2D eigenvalue weighted by Crippen LogP contribution is 2.11. The second-order valence-electron chi connectivity index (χ2n) is 2.91. The number of hydrogen-bond donors (Lipinski definition) is 0. The van der Waals surface area contributed by atoms with Crippen molar-refractivity contribution in [3.8, 4) is 0 Å². The van der Waals surface area contributed by atoms with Gasteiger partial charge in [-0.2, -0.15) is 0 Å². The molecule has 0 aliphatic heterocycles. The maximum atomic E-state index is 11.4. The van der Waals surface area contributed by atoms with Gasteiger partial charge in [0.05, 0.1) is 0 Å². The normalized spacial score (nSPS) is 12.8. The quantitative estimate of drug-likeness (QED) is 0.756. The Hall–Kier alpha value is -0.340. The Balaban J connectivity index is 2.54. The molecule has 1 atom stereocenters. The van der Waals surface area contributed by atoms with Crippen LogP contribution in [0.25, 0.3) is 0 Å². The summed E-state index contributed by atoms with van der Waals surface area (Å²) in [5.41, 5.74) is 1.09. The summed E-state index contributed by atoms with van der Waals surface area (Å²) >= 11 is 5.73. The zero-order chi connectivity index (χ0) is 9.68. The standard InChI is InChI=1S/C10H13ClOS/c1-2-7-13(12)8-9-3-5-10(11)6-4-9/h3-6H,2,7-8H2,1H3. The lowest BCUT2D eigenvalue weighted by molar-refractivity contribution is 0.681. The number of benzene rings is 1. The van der Waals surface area contributed by atoms with Crippen LogP contribution < -0.4 is 0 Å². The van der Waals surface area contributed by atoms with E-state index >= 15 is 0 Å². The van der Waals surface area contributed by atoms with E-state index in [0.717, 1.165) is 22.8 Å². The van der Waals surface area contributed by atoms with E-state index in [0.29, 0.717) is 5.75 Å². The molecule has 1 rings (SSSR count). The van der Waals surface area contributed by atoms with Gasteiger partial charge in [0.1, 0.15) is 0 Å². The molecule has 0 fully saturated rings. The van der Waals surface area contributed by atoms with Crippen LogP contribution in [0.3, 0.4) is 0 Å². The van der Waals surface area contributed by atoms with E-state index in [1.54, 1.807) is 0 Å². The molecule has 1 aromatic rings. The topological polar surface area (TPSA) is 17.1 Å². The summed E-state index contributed by atoms with van der Waals surface area (Å²) in [6, 6.07) is 7.52. The minimum absolute atomic E-state index is 0.644. The molecule has 0 aliphatic rings. The van der Waals surface area contributed by atoms with Crippen molar-refractivity contribution < 1.29 is 4.21 Å². The van der Waals surface area contributed by atoms with Crippen LogP contribution in [0.1, 0.15) is 18.9 Å². The lowest BCUT2D eigenvalue weighted by atomic mass is 10.2. The zero-order valence-electron chi connectivity index (χ0n) is 7.63. The molecule has 0 aliphatic carbocycles. The zero-order valence-corrected chi connectivity index (χ0v) is 9.20. The number of hydrogen-bond acceptors (Lipinski definition) is 1. The molecule has 0 saturated heterocycles. The molecule has 0 bridgehead atoms. The molecular formula is C10H13ClOS. The van der Waals surface area contributed by atoms with E-state index < -0.39 is 10.8 Å². The fourth-order valence-electron chi connectivity index (χ4n) is 1.07. The van der Waals surface area contributed by atoms with Gasteiger partial charge in [-0.25, -0.2) is 0 Å². The summed E-state index contributed by atoms with van der Waals surface area (Å²) in [6.45, 7) is 2.04. The van der Waals surface area contributed by atoms with Crippen LogP contribution in [0.15, 0.2) is 24.3 Å². The van der Waals surface area contributed by atoms with Crippen LogP contribution >= 0.6 is 11.6 Å². The van der Waals surface area contributed by atoms with E-state index in [9.17, 15) is 4.21 Å². The summed E-state index contributed by atoms with van der Waals surface area (Å²) in [5, 5.41) is 0.727. The molecular weight excluding hydrogens is 204 g/mol. The molecule has 1 aromatic carbocycles. The van der Waals surface area contributed by atoms with E-state index in [2.05, 4.69) is 0 Å². The van der Waals surface area contributed by atoms with E-state index in [1.165, 1.54) is 0 Å².